The smallest absolute Gasteiger partial charge is 0.331 e. The second-order valence-electron chi connectivity index (χ2n) is 4.74. The summed E-state index contributed by atoms with van der Waals surface area (Å²) in [5.41, 5.74) is 0.126. The third-order valence-electron chi connectivity index (χ3n) is 3.15. The molecular weight excluding hydrogens is 306 g/mol. The van der Waals surface area contributed by atoms with Gasteiger partial charge in [-0.3, -0.25) is 9.36 Å². The summed E-state index contributed by atoms with van der Waals surface area (Å²) in [6.45, 7) is -0.393. The highest BCUT2D eigenvalue weighted by molar-refractivity contribution is 5.77. The molecule has 0 fully saturated rings. The lowest BCUT2D eigenvalue weighted by Gasteiger charge is -2.07. The number of halogens is 2. The summed E-state index contributed by atoms with van der Waals surface area (Å²) < 4.78 is 31.9. The molecule has 0 aliphatic carbocycles. The van der Waals surface area contributed by atoms with Crippen molar-refractivity contribution in [3.05, 3.63) is 70.8 Å². The van der Waals surface area contributed by atoms with Crippen LogP contribution in [0.5, 0.6) is 5.75 Å². The summed E-state index contributed by atoms with van der Waals surface area (Å²) in [5, 5.41) is 0.371. The van der Waals surface area contributed by atoms with Gasteiger partial charge in [0.15, 0.2) is 11.6 Å². The number of para-hydroxylation sites is 1. The van der Waals surface area contributed by atoms with Crippen LogP contribution in [0.4, 0.5) is 8.78 Å². The molecule has 3 rings (SSSR count). The average molecular weight is 316 g/mol. The highest BCUT2D eigenvalue weighted by atomic mass is 19.2. The maximum absolute atomic E-state index is 13.1. The highest BCUT2D eigenvalue weighted by Crippen LogP contribution is 2.15. The summed E-state index contributed by atoms with van der Waals surface area (Å²) >= 11 is 0. The number of benzene rings is 2. The molecule has 0 amide bonds. The third kappa shape index (κ3) is 3.08. The van der Waals surface area contributed by atoms with Crippen LogP contribution in [0.15, 0.2) is 53.6 Å². The number of carbonyl (C=O) groups excluding carboxylic acids is 1. The van der Waals surface area contributed by atoms with Crippen molar-refractivity contribution in [2.45, 2.75) is 6.54 Å². The number of nitrogens with zero attached hydrogens (tertiary/aromatic N) is 2. The minimum atomic E-state index is -1.13. The summed E-state index contributed by atoms with van der Waals surface area (Å²) in [6.07, 6.45) is 1.23. The molecule has 0 aliphatic rings. The van der Waals surface area contributed by atoms with Gasteiger partial charge in [0.2, 0.25) is 0 Å². The van der Waals surface area contributed by atoms with E-state index < -0.39 is 29.7 Å². The molecule has 0 saturated heterocycles. The minimum Gasteiger partial charge on any atom is -0.425 e. The molecule has 23 heavy (non-hydrogen) atoms. The molecule has 2 aromatic carbocycles. The van der Waals surface area contributed by atoms with Crippen molar-refractivity contribution in [2.75, 3.05) is 0 Å². The molecule has 116 valence electrons. The highest BCUT2D eigenvalue weighted by Gasteiger charge is 2.11. The van der Waals surface area contributed by atoms with Crippen LogP contribution in [0.25, 0.3) is 10.9 Å². The van der Waals surface area contributed by atoms with E-state index in [0.29, 0.717) is 10.9 Å². The maximum atomic E-state index is 13.1. The molecule has 0 aliphatic heterocycles. The van der Waals surface area contributed by atoms with Crippen molar-refractivity contribution < 1.29 is 18.3 Å². The van der Waals surface area contributed by atoms with Gasteiger partial charge in [-0.2, -0.15) is 0 Å². The third-order valence-corrected chi connectivity index (χ3v) is 3.15. The molecule has 0 atom stereocenters. The second kappa shape index (κ2) is 5.96. The number of hydrogen-bond donors (Lipinski definition) is 0. The Labute approximate surface area is 128 Å². The molecule has 0 bridgehead atoms. The van der Waals surface area contributed by atoms with E-state index in [9.17, 15) is 18.4 Å². The van der Waals surface area contributed by atoms with E-state index >= 15 is 0 Å². The van der Waals surface area contributed by atoms with E-state index in [1.807, 2.05) is 0 Å². The fourth-order valence-corrected chi connectivity index (χ4v) is 2.06. The molecule has 1 heterocycles. The van der Waals surface area contributed by atoms with E-state index in [1.165, 1.54) is 6.33 Å². The average Bonchev–Trinajstić information content (AvgIpc) is 2.54. The lowest BCUT2D eigenvalue weighted by atomic mass is 10.2. The molecule has 0 saturated carbocycles. The van der Waals surface area contributed by atoms with Gasteiger partial charge in [-0.15, -0.1) is 0 Å². The summed E-state index contributed by atoms with van der Waals surface area (Å²) in [6, 6.07) is 9.45. The fourth-order valence-electron chi connectivity index (χ4n) is 2.06. The monoisotopic (exact) mass is 316 g/mol. The number of rotatable bonds is 3. The first-order valence-electron chi connectivity index (χ1n) is 6.64. The van der Waals surface area contributed by atoms with E-state index in [4.69, 9.17) is 4.74 Å². The van der Waals surface area contributed by atoms with Gasteiger partial charge in [0.05, 0.1) is 17.2 Å². The Bertz CT molecular complexity index is 953. The summed E-state index contributed by atoms with van der Waals surface area (Å²) in [7, 11) is 0. The van der Waals surface area contributed by atoms with Crippen LogP contribution < -0.4 is 10.3 Å². The molecule has 5 nitrogen and oxygen atoms in total. The SMILES string of the molecule is O=C(Cn1cnc2ccccc2c1=O)Oc1ccc(F)c(F)c1. The van der Waals surface area contributed by atoms with E-state index in [-0.39, 0.29) is 5.75 Å². The lowest BCUT2D eigenvalue weighted by molar-refractivity contribution is -0.135. The van der Waals surface area contributed by atoms with E-state index in [2.05, 4.69) is 4.98 Å². The Morgan fingerprint density at radius 2 is 1.91 bits per heavy atom. The fraction of sp³-hybridized carbons (Fsp3) is 0.0625. The van der Waals surface area contributed by atoms with Crippen molar-refractivity contribution in [2.24, 2.45) is 0 Å². The van der Waals surface area contributed by atoms with Crippen molar-refractivity contribution in [3.63, 3.8) is 0 Å². The zero-order valence-electron chi connectivity index (χ0n) is 11.7. The van der Waals surface area contributed by atoms with Crippen LogP contribution in [0.3, 0.4) is 0 Å². The zero-order chi connectivity index (χ0) is 16.4. The van der Waals surface area contributed by atoms with Gasteiger partial charge < -0.3 is 4.74 Å². The van der Waals surface area contributed by atoms with E-state index in [0.717, 1.165) is 22.8 Å². The van der Waals surface area contributed by atoms with Gasteiger partial charge in [-0.1, -0.05) is 12.1 Å². The van der Waals surface area contributed by atoms with Gasteiger partial charge in [0.1, 0.15) is 12.3 Å². The Balaban J connectivity index is 1.81. The van der Waals surface area contributed by atoms with Crippen LogP contribution in [0.2, 0.25) is 0 Å². The van der Waals surface area contributed by atoms with Gasteiger partial charge >= 0.3 is 5.97 Å². The van der Waals surface area contributed by atoms with Crippen molar-refractivity contribution in [1.29, 1.82) is 0 Å². The van der Waals surface area contributed by atoms with Crippen LogP contribution in [-0.2, 0) is 11.3 Å². The van der Waals surface area contributed by atoms with E-state index in [1.54, 1.807) is 24.3 Å². The summed E-state index contributed by atoms with van der Waals surface area (Å²) in [4.78, 5) is 28.1. The van der Waals surface area contributed by atoms with Gasteiger partial charge in [0.25, 0.3) is 5.56 Å². The van der Waals surface area contributed by atoms with Crippen LogP contribution in [0.1, 0.15) is 0 Å². The second-order valence-corrected chi connectivity index (χ2v) is 4.74. The van der Waals surface area contributed by atoms with Crippen molar-refractivity contribution in [3.8, 4) is 5.75 Å². The Morgan fingerprint density at radius 1 is 1.13 bits per heavy atom. The largest absolute Gasteiger partial charge is 0.425 e. The zero-order valence-corrected chi connectivity index (χ0v) is 11.7. The number of ether oxygens (including phenoxy) is 1. The first-order valence-corrected chi connectivity index (χ1v) is 6.64. The molecule has 0 radical (unpaired) electrons. The molecule has 1 aromatic heterocycles. The predicted molar refractivity (Wildman–Crippen MR) is 78.0 cm³/mol. The molecule has 7 heteroatoms. The predicted octanol–water partition coefficient (Wildman–Crippen LogP) is 2.28. The van der Waals surface area contributed by atoms with Crippen LogP contribution in [-0.4, -0.2) is 15.5 Å². The number of hydrogen-bond acceptors (Lipinski definition) is 4. The Kier molecular flexibility index (Phi) is 3.84. The molecule has 0 N–H and O–H groups in total. The Hall–Kier alpha value is -3.09. The number of esters is 1. The molecular formula is C16H10F2N2O3. The number of aromatic nitrogens is 2. The maximum Gasteiger partial charge on any atom is 0.331 e. The normalized spacial score (nSPS) is 10.7. The topological polar surface area (TPSA) is 61.2 Å². The summed E-state index contributed by atoms with van der Waals surface area (Å²) in [5.74, 6) is -3.11. The van der Waals surface area contributed by atoms with Crippen LogP contribution >= 0.6 is 0 Å². The number of fused-ring (bicyclic) bond motifs is 1. The molecule has 3 aromatic rings. The lowest BCUT2D eigenvalue weighted by Crippen LogP contribution is -2.26. The molecule has 0 spiro atoms. The quantitative estimate of drug-likeness (QED) is 0.549. The van der Waals surface area contributed by atoms with Crippen molar-refractivity contribution >= 4 is 16.9 Å². The van der Waals surface area contributed by atoms with Gasteiger partial charge in [-0.05, 0) is 24.3 Å². The first-order chi connectivity index (χ1) is 11.0. The number of carbonyl (C=O) groups is 1. The minimum absolute atomic E-state index is 0.143. The van der Waals surface area contributed by atoms with Gasteiger partial charge in [-0.25, -0.2) is 18.6 Å². The van der Waals surface area contributed by atoms with Gasteiger partial charge in [0, 0.05) is 6.07 Å². The Morgan fingerprint density at radius 3 is 2.70 bits per heavy atom. The molecule has 0 unspecified atom stereocenters. The van der Waals surface area contributed by atoms with Crippen LogP contribution in [0, 0.1) is 11.6 Å². The standard InChI is InChI=1S/C16H10F2N2O3/c17-12-6-5-10(7-13(12)18)23-15(21)8-20-9-19-14-4-2-1-3-11(14)16(20)22/h1-7,9H,8H2. The van der Waals surface area contributed by atoms with Crippen molar-refractivity contribution in [1.82, 2.24) is 9.55 Å². The first kappa shape index (κ1) is 14.8.